The van der Waals surface area contributed by atoms with Crippen LogP contribution in [0.15, 0.2) is 42.5 Å². The number of amides is 1. The fourth-order valence-electron chi connectivity index (χ4n) is 3.21. The largest absolute Gasteiger partial charge is 0.349 e. The molecule has 1 aliphatic rings. The minimum atomic E-state index is -0.330. The van der Waals surface area contributed by atoms with Crippen molar-refractivity contribution in [3.8, 4) is 0 Å². The van der Waals surface area contributed by atoms with Crippen molar-refractivity contribution in [3.05, 3.63) is 48.0 Å². The van der Waals surface area contributed by atoms with E-state index in [1.807, 2.05) is 6.92 Å². The van der Waals surface area contributed by atoms with Gasteiger partial charge in [-0.25, -0.2) is 0 Å². The van der Waals surface area contributed by atoms with Crippen LogP contribution < -0.4 is 11.1 Å². The Bertz CT molecular complexity index is 725. The van der Waals surface area contributed by atoms with Crippen molar-refractivity contribution >= 4 is 29.1 Å². The molecular formula is C20H27ClN2O. The first kappa shape index (κ1) is 18.8. The van der Waals surface area contributed by atoms with Gasteiger partial charge in [-0.05, 0) is 41.5 Å². The van der Waals surface area contributed by atoms with Gasteiger partial charge in [-0.1, -0.05) is 56.3 Å². The number of hydrogen-bond acceptors (Lipinski definition) is 2. The van der Waals surface area contributed by atoms with E-state index in [2.05, 4.69) is 61.6 Å². The SMILES string of the molecule is CC(C)C(C)(CN)NC(=O)C1CC1c1cccc2ccccc12.Cl. The summed E-state index contributed by atoms with van der Waals surface area (Å²) in [5, 5.41) is 5.69. The van der Waals surface area contributed by atoms with Crippen molar-refractivity contribution in [2.75, 3.05) is 6.54 Å². The predicted octanol–water partition coefficient (Wildman–Crippen LogP) is 3.85. The molecular weight excluding hydrogens is 320 g/mol. The summed E-state index contributed by atoms with van der Waals surface area (Å²) in [6.45, 7) is 6.69. The zero-order chi connectivity index (χ0) is 16.6. The van der Waals surface area contributed by atoms with E-state index in [4.69, 9.17) is 5.73 Å². The Hall–Kier alpha value is -1.58. The van der Waals surface area contributed by atoms with Crippen molar-refractivity contribution in [3.63, 3.8) is 0 Å². The molecule has 3 atom stereocenters. The van der Waals surface area contributed by atoms with Crippen molar-refractivity contribution < 1.29 is 4.79 Å². The lowest BCUT2D eigenvalue weighted by atomic mass is 9.88. The van der Waals surface area contributed by atoms with Gasteiger partial charge in [-0.2, -0.15) is 0 Å². The lowest BCUT2D eigenvalue weighted by Crippen LogP contribution is -2.55. The second-order valence-corrected chi connectivity index (χ2v) is 7.28. The molecule has 1 saturated carbocycles. The molecule has 0 bridgehead atoms. The van der Waals surface area contributed by atoms with E-state index in [1.54, 1.807) is 0 Å². The van der Waals surface area contributed by atoms with Crippen LogP contribution in [0.5, 0.6) is 0 Å². The average Bonchev–Trinajstić information content (AvgIpc) is 3.34. The van der Waals surface area contributed by atoms with E-state index in [-0.39, 0.29) is 29.8 Å². The van der Waals surface area contributed by atoms with Crippen LogP contribution in [0.1, 0.15) is 38.7 Å². The molecule has 1 amide bonds. The van der Waals surface area contributed by atoms with E-state index in [0.29, 0.717) is 18.4 Å². The Morgan fingerprint density at radius 3 is 2.58 bits per heavy atom. The Balaban J connectivity index is 0.00000208. The second kappa shape index (κ2) is 7.12. The molecule has 3 unspecified atom stereocenters. The standard InChI is InChI=1S/C20H26N2O.ClH/c1-13(2)20(3,12-21)22-19(23)18-11-17(18)16-10-6-8-14-7-4-5-9-15(14)16;/h4-10,13,17-18H,11-12,21H2,1-3H3,(H,22,23);1H. The third kappa shape index (κ3) is 3.42. The minimum absolute atomic E-state index is 0. The number of nitrogens with two attached hydrogens (primary N) is 1. The quantitative estimate of drug-likeness (QED) is 0.863. The molecule has 3 rings (SSSR count). The molecule has 1 aliphatic carbocycles. The van der Waals surface area contributed by atoms with Gasteiger partial charge in [-0.15, -0.1) is 12.4 Å². The number of halogens is 1. The molecule has 0 heterocycles. The van der Waals surface area contributed by atoms with Crippen LogP contribution >= 0.6 is 12.4 Å². The van der Waals surface area contributed by atoms with Crippen molar-refractivity contribution in [1.29, 1.82) is 0 Å². The average molecular weight is 347 g/mol. The summed E-state index contributed by atoms with van der Waals surface area (Å²) >= 11 is 0. The maximum absolute atomic E-state index is 12.6. The van der Waals surface area contributed by atoms with Gasteiger partial charge in [0.25, 0.3) is 0 Å². The zero-order valence-electron chi connectivity index (χ0n) is 14.6. The molecule has 4 heteroatoms. The van der Waals surface area contributed by atoms with Gasteiger partial charge < -0.3 is 11.1 Å². The molecule has 3 N–H and O–H groups in total. The van der Waals surface area contributed by atoms with E-state index in [9.17, 15) is 4.79 Å². The van der Waals surface area contributed by atoms with Crippen molar-refractivity contribution in [1.82, 2.24) is 5.32 Å². The number of rotatable bonds is 5. The van der Waals surface area contributed by atoms with Crippen LogP contribution in [0, 0.1) is 11.8 Å². The third-order valence-electron chi connectivity index (χ3n) is 5.46. The van der Waals surface area contributed by atoms with Gasteiger partial charge in [0.2, 0.25) is 5.91 Å². The van der Waals surface area contributed by atoms with Gasteiger partial charge in [0.1, 0.15) is 0 Å². The van der Waals surface area contributed by atoms with Crippen molar-refractivity contribution in [2.45, 2.75) is 38.6 Å². The zero-order valence-corrected chi connectivity index (χ0v) is 15.4. The second-order valence-electron chi connectivity index (χ2n) is 7.28. The summed E-state index contributed by atoms with van der Waals surface area (Å²) < 4.78 is 0. The van der Waals surface area contributed by atoms with E-state index < -0.39 is 0 Å². The fraction of sp³-hybridized carbons (Fsp3) is 0.450. The summed E-state index contributed by atoms with van der Waals surface area (Å²) in [5.41, 5.74) is 6.85. The summed E-state index contributed by atoms with van der Waals surface area (Å²) in [6, 6.07) is 14.8. The van der Waals surface area contributed by atoms with Gasteiger partial charge in [-0.3, -0.25) is 4.79 Å². The molecule has 2 aromatic rings. The Morgan fingerprint density at radius 1 is 1.25 bits per heavy atom. The molecule has 1 fully saturated rings. The molecule has 0 aliphatic heterocycles. The number of carbonyl (C=O) groups is 1. The van der Waals surface area contributed by atoms with E-state index >= 15 is 0 Å². The Labute approximate surface area is 150 Å². The highest BCUT2D eigenvalue weighted by Crippen LogP contribution is 2.49. The summed E-state index contributed by atoms with van der Waals surface area (Å²) in [6.07, 6.45) is 0.929. The first-order chi connectivity index (χ1) is 11.0. The third-order valence-corrected chi connectivity index (χ3v) is 5.46. The highest BCUT2D eigenvalue weighted by Gasteiger charge is 2.46. The van der Waals surface area contributed by atoms with Gasteiger partial charge in [0, 0.05) is 12.5 Å². The number of carbonyl (C=O) groups excluding carboxylic acids is 1. The molecule has 2 aromatic carbocycles. The Kier molecular flexibility index (Phi) is 5.56. The molecule has 0 spiro atoms. The molecule has 0 aromatic heterocycles. The highest BCUT2D eigenvalue weighted by molar-refractivity contribution is 5.89. The summed E-state index contributed by atoms with van der Waals surface area (Å²) in [5.74, 6) is 0.858. The lowest BCUT2D eigenvalue weighted by molar-refractivity contribution is -0.124. The van der Waals surface area contributed by atoms with Crippen LogP contribution in [-0.2, 0) is 4.79 Å². The molecule has 0 radical (unpaired) electrons. The molecule has 130 valence electrons. The molecule has 0 saturated heterocycles. The van der Waals surface area contributed by atoms with Gasteiger partial charge >= 0.3 is 0 Å². The van der Waals surface area contributed by atoms with Gasteiger partial charge in [0.05, 0.1) is 5.54 Å². The molecule has 3 nitrogen and oxygen atoms in total. The monoisotopic (exact) mass is 346 g/mol. The predicted molar refractivity (Wildman–Crippen MR) is 102 cm³/mol. The molecule has 24 heavy (non-hydrogen) atoms. The maximum atomic E-state index is 12.6. The number of benzene rings is 2. The highest BCUT2D eigenvalue weighted by atomic mass is 35.5. The number of hydrogen-bond donors (Lipinski definition) is 2. The number of nitrogens with one attached hydrogen (secondary N) is 1. The number of fused-ring (bicyclic) bond motifs is 1. The minimum Gasteiger partial charge on any atom is -0.349 e. The van der Waals surface area contributed by atoms with Gasteiger partial charge in [0.15, 0.2) is 0 Å². The smallest absolute Gasteiger partial charge is 0.224 e. The maximum Gasteiger partial charge on any atom is 0.224 e. The van der Waals surface area contributed by atoms with Crippen LogP contribution in [0.25, 0.3) is 10.8 Å². The van der Waals surface area contributed by atoms with E-state index in [1.165, 1.54) is 16.3 Å². The van der Waals surface area contributed by atoms with Crippen molar-refractivity contribution in [2.24, 2.45) is 17.6 Å². The summed E-state index contributed by atoms with van der Waals surface area (Å²) in [7, 11) is 0. The summed E-state index contributed by atoms with van der Waals surface area (Å²) in [4.78, 5) is 12.6. The first-order valence-corrected chi connectivity index (χ1v) is 8.46. The van der Waals surface area contributed by atoms with E-state index in [0.717, 1.165) is 6.42 Å². The lowest BCUT2D eigenvalue weighted by Gasteiger charge is -2.33. The van der Waals surface area contributed by atoms with Crippen LogP contribution in [0.3, 0.4) is 0 Å². The van der Waals surface area contributed by atoms with Crippen LogP contribution in [0.4, 0.5) is 0 Å². The normalized spacial score (nSPS) is 21.9. The first-order valence-electron chi connectivity index (χ1n) is 8.46. The topological polar surface area (TPSA) is 55.1 Å². The Morgan fingerprint density at radius 2 is 1.92 bits per heavy atom. The fourth-order valence-corrected chi connectivity index (χ4v) is 3.21. The van der Waals surface area contributed by atoms with Crippen LogP contribution in [0.2, 0.25) is 0 Å². The van der Waals surface area contributed by atoms with Crippen LogP contribution in [-0.4, -0.2) is 18.0 Å².